The zero-order valence-corrected chi connectivity index (χ0v) is 14.4. The average molecular weight is 309 g/mol. The van der Waals surface area contributed by atoms with Gasteiger partial charge in [0, 0.05) is 35.4 Å². The van der Waals surface area contributed by atoms with Crippen LogP contribution < -0.4 is 10.2 Å². The van der Waals surface area contributed by atoms with Gasteiger partial charge < -0.3 is 10.2 Å². The molecule has 0 bridgehead atoms. The summed E-state index contributed by atoms with van der Waals surface area (Å²) in [6.45, 7) is 9.77. The predicted octanol–water partition coefficient (Wildman–Crippen LogP) is 4.85. The Morgan fingerprint density at radius 3 is 2.71 bits per heavy atom. The summed E-state index contributed by atoms with van der Waals surface area (Å²) in [5.74, 6) is 0.663. The second-order valence-electron chi connectivity index (χ2n) is 6.54. The Balaban J connectivity index is 2.14. The monoisotopic (exact) mass is 308 g/mol. The summed E-state index contributed by atoms with van der Waals surface area (Å²) >= 11 is 6.48. The second-order valence-corrected chi connectivity index (χ2v) is 6.95. The molecule has 0 aliphatic heterocycles. The first-order valence-corrected chi connectivity index (χ1v) is 8.76. The van der Waals surface area contributed by atoms with E-state index in [1.165, 1.54) is 36.9 Å². The van der Waals surface area contributed by atoms with Gasteiger partial charge in [-0.25, -0.2) is 0 Å². The van der Waals surface area contributed by atoms with Crippen molar-refractivity contribution in [3.05, 3.63) is 28.8 Å². The van der Waals surface area contributed by atoms with E-state index in [2.05, 4.69) is 43.1 Å². The first-order chi connectivity index (χ1) is 10.1. The van der Waals surface area contributed by atoms with Crippen LogP contribution in [0.2, 0.25) is 5.02 Å². The van der Waals surface area contributed by atoms with E-state index in [1.54, 1.807) is 0 Å². The lowest BCUT2D eigenvalue weighted by atomic mass is 10.1. The lowest BCUT2D eigenvalue weighted by Gasteiger charge is -2.28. The lowest BCUT2D eigenvalue weighted by molar-refractivity contribution is 0.551. The number of nitrogens with one attached hydrogen (secondary N) is 1. The quantitative estimate of drug-likeness (QED) is 0.701. The van der Waals surface area contributed by atoms with Crippen LogP contribution in [-0.4, -0.2) is 19.1 Å². The van der Waals surface area contributed by atoms with Gasteiger partial charge in [-0.2, -0.15) is 0 Å². The molecule has 118 valence electrons. The highest BCUT2D eigenvalue weighted by atomic mass is 35.5. The fourth-order valence-corrected chi connectivity index (χ4v) is 2.93. The van der Waals surface area contributed by atoms with Crippen LogP contribution in [0.5, 0.6) is 0 Å². The molecule has 0 spiro atoms. The van der Waals surface area contributed by atoms with Crippen LogP contribution in [0.15, 0.2) is 18.2 Å². The first kappa shape index (κ1) is 16.6. The normalized spacial score (nSPS) is 14.7. The van der Waals surface area contributed by atoms with Gasteiger partial charge >= 0.3 is 0 Å². The molecule has 0 amide bonds. The van der Waals surface area contributed by atoms with Gasteiger partial charge in [-0.05, 0) is 43.9 Å². The second kappa shape index (κ2) is 8.05. The van der Waals surface area contributed by atoms with Gasteiger partial charge in [0.1, 0.15) is 0 Å². The van der Waals surface area contributed by atoms with E-state index in [9.17, 15) is 0 Å². The highest BCUT2D eigenvalue weighted by molar-refractivity contribution is 6.31. The van der Waals surface area contributed by atoms with Gasteiger partial charge in [-0.15, -0.1) is 0 Å². The van der Waals surface area contributed by atoms with Crippen molar-refractivity contribution in [3.63, 3.8) is 0 Å². The molecule has 1 saturated carbocycles. The van der Waals surface area contributed by atoms with Crippen LogP contribution in [0, 0.1) is 5.92 Å². The van der Waals surface area contributed by atoms with Crippen molar-refractivity contribution in [2.75, 3.05) is 18.0 Å². The summed E-state index contributed by atoms with van der Waals surface area (Å²) in [5, 5.41) is 4.44. The van der Waals surface area contributed by atoms with E-state index in [0.717, 1.165) is 30.7 Å². The minimum atomic E-state index is 0.663. The zero-order valence-electron chi connectivity index (χ0n) is 13.7. The lowest BCUT2D eigenvalue weighted by Crippen LogP contribution is -2.29. The predicted molar refractivity (Wildman–Crippen MR) is 93.3 cm³/mol. The number of unbranched alkanes of at least 4 members (excludes halogenated alkanes) is 1. The average Bonchev–Trinajstić information content (AvgIpc) is 3.26. The molecular formula is C18H29ClN2. The molecule has 0 saturated heterocycles. The largest absolute Gasteiger partial charge is 0.368 e. The van der Waals surface area contributed by atoms with E-state index >= 15 is 0 Å². The van der Waals surface area contributed by atoms with Gasteiger partial charge in [-0.1, -0.05) is 44.9 Å². The van der Waals surface area contributed by atoms with E-state index in [0.29, 0.717) is 5.92 Å². The fourth-order valence-electron chi connectivity index (χ4n) is 2.69. The Labute approximate surface area is 134 Å². The molecule has 21 heavy (non-hydrogen) atoms. The maximum atomic E-state index is 6.48. The van der Waals surface area contributed by atoms with E-state index in [1.807, 2.05) is 6.07 Å². The van der Waals surface area contributed by atoms with Gasteiger partial charge in [0.25, 0.3) is 0 Å². The van der Waals surface area contributed by atoms with Gasteiger partial charge in [0.05, 0.1) is 0 Å². The molecule has 1 aliphatic carbocycles. The summed E-state index contributed by atoms with van der Waals surface area (Å²) in [5.41, 5.74) is 2.61. The van der Waals surface area contributed by atoms with E-state index < -0.39 is 0 Å². The van der Waals surface area contributed by atoms with Crippen molar-refractivity contribution in [1.29, 1.82) is 0 Å². The number of hydrogen-bond donors (Lipinski definition) is 1. The molecular weight excluding hydrogens is 280 g/mol. The highest BCUT2D eigenvalue weighted by Gasteiger charge is 2.30. The summed E-state index contributed by atoms with van der Waals surface area (Å²) in [6.07, 6.45) is 5.15. The van der Waals surface area contributed by atoms with Crippen molar-refractivity contribution in [2.45, 2.75) is 59.0 Å². The summed E-state index contributed by atoms with van der Waals surface area (Å²) in [6, 6.07) is 7.08. The van der Waals surface area contributed by atoms with Crippen LogP contribution in [0.4, 0.5) is 5.69 Å². The van der Waals surface area contributed by atoms with E-state index in [-0.39, 0.29) is 0 Å². The number of halogens is 1. The third-order valence-electron chi connectivity index (χ3n) is 4.00. The number of rotatable bonds is 9. The maximum absolute atomic E-state index is 6.48. The van der Waals surface area contributed by atoms with Crippen molar-refractivity contribution < 1.29 is 0 Å². The van der Waals surface area contributed by atoms with Crippen LogP contribution >= 0.6 is 11.6 Å². The minimum Gasteiger partial charge on any atom is -0.368 e. The number of nitrogens with zero attached hydrogens (tertiary/aromatic N) is 1. The summed E-state index contributed by atoms with van der Waals surface area (Å²) in [7, 11) is 0. The molecule has 2 rings (SSSR count). The molecule has 0 heterocycles. The summed E-state index contributed by atoms with van der Waals surface area (Å²) < 4.78 is 0. The Morgan fingerprint density at radius 1 is 1.33 bits per heavy atom. The maximum Gasteiger partial charge on any atom is 0.0471 e. The molecule has 1 N–H and O–H groups in total. The molecule has 1 aromatic carbocycles. The van der Waals surface area contributed by atoms with Crippen molar-refractivity contribution in [3.8, 4) is 0 Å². The summed E-state index contributed by atoms with van der Waals surface area (Å²) in [4.78, 5) is 2.59. The Kier molecular flexibility index (Phi) is 6.38. The van der Waals surface area contributed by atoms with Crippen LogP contribution in [-0.2, 0) is 6.54 Å². The standard InChI is InChI=1S/C18H29ClN2/c1-4-5-11-21(15-9-10-15)18-8-6-7-17(19)16(18)13-20-12-14(2)3/h6-8,14-15,20H,4-5,9-13H2,1-3H3. The van der Waals surface area contributed by atoms with Crippen LogP contribution in [0.1, 0.15) is 52.0 Å². The fraction of sp³-hybridized carbons (Fsp3) is 0.667. The molecule has 3 heteroatoms. The molecule has 1 aromatic rings. The van der Waals surface area contributed by atoms with Gasteiger partial charge in [0.15, 0.2) is 0 Å². The zero-order chi connectivity index (χ0) is 15.2. The van der Waals surface area contributed by atoms with Gasteiger partial charge in [-0.3, -0.25) is 0 Å². The topological polar surface area (TPSA) is 15.3 Å². The first-order valence-electron chi connectivity index (χ1n) is 8.38. The van der Waals surface area contributed by atoms with Gasteiger partial charge in [0.2, 0.25) is 0 Å². The molecule has 0 radical (unpaired) electrons. The van der Waals surface area contributed by atoms with Crippen LogP contribution in [0.25, 0.3) is 0 Å². The third kappa shape index (κ3) is 4.89. The Bertz CT molecular complexity index is 441. The smallest absolute Gasteiger partial charge is 0.0471 e. The highest BCUT2D eigenvalue weighted by Crippen LogP contribution is 2.36. The van der Waals surface area contributed by atoms with Crippen molar-refractivity contribution >= 4 is 17.3 Å². The minimum absolute atomic E-state index is 0.663. The van der Waals surface area contributed by atoms with Crippen molar-refractivity contribution in [1.82, 2.24) is 5.32 Å². The Morgan fingerprint density at radius 2 is 2.10 bits per heavy atom. The Hall–Kier alpha value is -0.730. The molecule has 1 aliphatic rings. The number of anilines is 1. The van der Waals surface area contributed by atoms with E-state index in [4.69, 9.17) is 11.6 Å². The molecule has 1 fully saturated rings. The molecule has 0 unspecified atom stereocenters. The third-order valence-corrected chi connectivity index (χ3v) is 4.35. The SMILES string of the molecule is CCCCN(c1cccc(Cl)c1CNCC(C)C)C1CC1. The van der Waals surface area contributed by atoms with Crippen LogP contribution in [0.3, 0.4) is 0 Å². The number of hydrogen-bond acceptors (Lipinski definition) is 2. The number of benzene rings is 1. The molecule has 0 aromatic heterocycles. The molecule has 2 nitrogen and oxygen atoms in total. The van der Waals surface area contributed by atoms with Crippen molar-refractivity contribution in [2.24, 2.45) is 5.92 Å². The molecule has 0 atom stereocenters.